The van der Waals surface area contributed by atoms with Crippen molar-refractivity contribution in [3.8, 4) is 0 Å². The van der Waals surface area contributed by atoms with E-state index < -0.39 is 11.2 Å². The van der Waals surface area contributed by atoms with Crippen LogP contribution in [0.4, 0.5) is 0 Å². The number of hydrogen-bond donors (Lipinski definition) is 0. The third-order valence-electron chi connectivity index (χ3n) is 5.83. The Morgan fingerprint density at radius 1 is 0.848 bits per heavy atom. The van der Waals surface area contributed by atoms with Gasteiger partial charge in [-0.05, 0) is 11.1 Å². The van der Waals surface area contributed by atoms with E-state index in [1.807, 2.05) is 48.5 Å². The van der Waals surface area contributed by atoms with Gasteiger partial charge in [0.2, 0.25) is 5.91 Å². The lowest BCUT2D eigenvalue weighted by atomic mass is 10.2. The Labute approximate surface area is 192 Å². The third kappa shape index (κ3) is 5.96. The van der Waals surface area contributed by atoms with Gasteiger partial charge in [-0.1, -0.05) is 72.8 Å². The molecule has 4 rings (SSSR count). The average Bonchev–Trinajstić information content (AvgIpc) is 2.85. The molecule has 1 aromatic heterocycles. The summed E-state index contributed by atoms with van der Waals surface area (Å²) in [4.78, 5) is 42.0. The van der Waals surface area contributed by atoms with Gasteiger partial charge in [0.05, 0.1) is 6.54 Å². The van der Waals surface area contributed by atoms with Gasteiger partial charge in [-0.15, -0.1) is 0 Å². The molecule has 0 unspecified atom stereocenters. The van der Waals surface area contributed by atoms with E-state index in [-0.39, 0.29) is 12.5 Å². The van der Waals surface area contributed by atoms with Crippen molar-refractivity contribution < 1.29 is 4.79 Å². The van der Waals surface area contributed by atoms with Gasteiger partial charge in [0.1, 0.15) is 6.54 Å². The highest BCUT2D eigenvalue weighted by atomic mass is 16.2. The van der Waals surface area contributed by atoms with Gasteiger partial charge in [0.25, 0.3) is 5.56 Å². The molecule has 0 saturated carbocycles. The van der Waals surface area contributed by atoms with E-state index >= 15 is 0 Å². The number of benzene rings is 2. The molecule has 0 N–H and O–H groups in total. The van der Waals surface area contributed by atoms with Crippen LogP contribution in [0.2, 0.25) is 0 Å². The highest BCUT2D eigenvalue weighted by Gasteiger charge is 2.21. The van der Waals surface area contributed by atoms with E-state index in [1.54, 1.807) is 4.90 Å². The normalized spacial score (nSPS) is 14.6. The largest absolute Gasteiger partial charge is 0.339 e. The predicted octanol–water partition coefficient (Wildman–Crippen LogP) is 1.92. The molecule has 0 spiro atoms. The number of hydrogen-bond acceptors (Lipinski definition) is 4. The lowest BCUT2D eigenvalue weighted by molar-refractivity contribution is -0.133. The van der Waals surface area contributed by atoms with Crippen molar-refractivity contribution in [2.24, 2.45) is 0 Å². The summed E-state index contributed by atoms with van der Waals surface area (Å²) in [6.07, 6.45) is 5.71. The van der Waals surface area contributed by atoms with Crippen LogP contribution in [-0.4, -0.2) is 57.6 Å². The van der Waals surface area contributed by atoms with E-state index in [2.05, 4.69) is 29.2 Å². The fraction of sp³-hybridized carbons (Fsp3) is 0.269. The summed E-state index contributed by atoms with van der Waals surface area (Å²) >= 11 is 0. The fourth-order valence-electron chi connectivity index (χ4n) is 3.92. The molecule has 33 heavy (non-hydrogen) atoms. The Morgan fingerprint density at radius 2 is 1.52 bits per heavy atom. The summed E-state index contributed by atoms with van der Waals surface area (Å²) in [7, 11) is 0. The van der Waals surface area contributed by atoms with Gasteiger partial charge < -0.3 is 4.90 Å². The van der Waals surface area contributed by atoms with Crippen molar-refractivity contribution >= 4 is 12.0 Å². The van der Waals surface area contributed by atoms with E-state index in [0.29, 0.717) is 19.6 Å². The standard InChI is InChI=1S/C26H28N4O3/c31-24-13-15-29(20-23-10-5-2-6-11-23)26(33)30(24)21-25(32)28-18-16-27(17-19-28)14-7-12-22-8-3-1-4-9-22/h1-13,15H,14,16-21H2/b12-7+. The zero-order valence-corrected chi connectivity index (χ0v) is 18.5. The zero-order valence-electron chi connectivity index (χ0n) is 18.5. The number of carbonyl (C=O) groups excluding carboxylic acids is 1. The first-order valence-corrected chi connectivity index (χ1v) is 11.2. The van der Waals surface area contributed by atoms with Gasteiger partial charge in [-0.25, -0.2) is 4.79 Å². The molecular weight excluding hydrogens is 416 g/mol. The van der Waals surface area contributed by atoms with Crippen LogP contribution in [0.25, 0.3) is 6.08 Å². The molecule has 7 nitrogen and oxygen atoms in total. The van der Waals surface area contributed by atoms with Crippen molar-refractivity contribution in [2.75, 3.05) is 32.7 Å². The van der Waals surface area contributed by atoms with E-state index in [0.717, 1.165) is 35.3 Å². The number of rotatable bonds is 7. The smallest absolute Gasteiger partial charge is 0.331 e. The maximum Gasteiger partial charge on any atom is 0.331 e. The molecule has 0 bridgehead atoms. The lowest BCUT2D eigenvalue weighted by Gasteiger charge is -2.34. The molecule has 1 amide bonds. The Bertz CT molecular complexity index is 1210. The summed E-state index contributed by atoms with van der Waals surface area (Å²) in [5, 5.41) is 0. The molecule has 3 aromatic rings. The third-order valence-corrected chi connectivity index (χ3v) is 5.83. The number of amides is 1. The number of piperazine rings is 1. The van der Waals surface area contributed by atoms with Crippen LogP contribution in [0.1, 0.15) is 11.1 Å². The zero-order chi connectivity index (χ0) is 23.0. The van der Waals surface area contributed by atoms with Gasteiger partial charge in [0.15, 0.2) is 0 Å². The second-order valence-electron chi connectivity index (χ2n) is 8.13. The Hall–Kier alpha value is -3.71. The first-order chi connectivity index (χ1) is 16.1. The monoisotopic (exact) mass is 444 g/mol. The van der Waals surface area contributed by atoms with Gasteiger partial charge in [-0.3, -0.25) is 23.6 Å². The molecule has 2 heterocycles. The quantitative estimate of drug-likeness (QED) is 0.559. The molecular formula is C26H28N4O3. The fourth-order valence-corrected chi connectivity index (χ4v) is 3.92. The average molecular weight is 445 g/mol. The minimum absolute atomic E-state index is 0.203. The van der Waals surface area contributed by atoms with E-state index in [4.69, 9.17) is 0 Å². The maximum absolute atomic E-state index is 12.8. The SMILES string of the molecule is O=C(Cn1c(=O)ccn(Cc2ccccc2)c1=O)N1CCN(C/C=C/c2ccccc2)CC1. The molecule has 1 aliphatic rings. The second-order valence-corrected chi connectivity index (χ2v) is 8.13. The van der Waals surface area contributed by atoms with Crippen molar-refractivity contribution in [1.82, 2.24) is 18.9 Å². The summed E-state index contributed by atoms with van der Waals surface area (Å²) < 4.78 is 2.49. The molecule has 7 heteroatoms. The molecule has 1 fully saturated rings. The summed E-state index contributed by atoms with van der Waals surface area (Å²) in [5.41, 5.74) is 1.19. The Kier molecular flexibility index (Phi) is 7.32. The summed E-state index contributed by atoms with van der Waals surface area (Å²) in [5.74, 6) is -0.203. The molecule has 2 aromatic carbocycles. The van der Waals surface area contributed by atoms with E-state index in [1.165, 1.54) is 16.8 Å². The molecule has 1 saturated heterocycles. The second kappa shape index (κ2) is 10.7. The minimum atomic E-state index is -0.468. The van der Waals surface area contributed by atoms with Crippen LogP contribution in [-0.2, 0) is 17.9 Å². The van der Waals surface area contributed by atoms with Gasteiger partial charge in [0, 0.05) is 45.0 Å². The molecule has 0 aliphatic carbocycles. The summed E-state index contributed by atoms with van der Waals surface area (Å²) in [6, 6.07) is 21.0. The highest BCUT2D eigenvalue weighted by molar-refractivity contribution is 5.76. The predicted molar refractivity (Wildman–Crippen MR) is 129 cm³/mol. The highest BCUT2D eigenvalue weighted by Crippen LogP contribution is 2.05. The van der Waals surface area contributed by atoms with Crippen LogP contribution < -0.4 is 11.2 Å². The van der Waals surface area contributed by atoms with Crippen molar-refractivity contribution in [3.05, 3.63) is 111 Å². The molecule has 1 aliphatic heterocycles. The summed E-state index contributed by atoms with van der Waals surface area (Å²) in [6.45, 7) is 3.61. The van der Waals surface area contributed by atoms with Crippen molar-refractivity contribution in [2.45, 2.75) is 13.1 Å². The van der Waals surface area contributed by atoms with Crippen molar-refractivity contribution in [3.63, 3.8) is 0 Å². The lowest BCUT2D eigenvalue weighted by Crippen LogP contribution is -2.51. The van der Waals surface area contributed by atoms with Gasteiger partial charge >= 0.3 is 5.69 Å². The van der Waals surface area contributed by atoms with Crippen LogP contribution in [0.15, 0.2) is 88.6 Å². The number of aromatic nitrogens is 2. The Morgan fingerprint density at radius 3 is 2.21 bits per heavy atom. The van der Waals surface area contributed by atoms with Gasteiger partial charge in [-0.2, -0.15) is 0 Å². The topological polar surface area (TPSA) is 67.5 Å². The number of nitrogens with zero attached hydrogens (tertiary/aromatic N) is 4. The molecule has 0 radical (unpaired) electrons. The minimum Gasteiger partial charge on any atom is -0.339 e. The van der Waals surface area contributed by atoms with Crippen molar-refractivity contribution in [1.29, 1.82) is 0 Å². The van der Waals surface area contributed by atoms with E-state index in [9.17, 15) is 14.4 Å². The van der Waals surface area contributed by atoms with Crippen LogP contribution in [0, 0.1) is 0 Å². The molecule has 0 atom stereocenters. The van der Waals surface area contributed by atoms with Crippen LogP contribution >= 0.6 is 0 Å². The maximum atomic E-state index is 12.8. The van der Waals surface area contributed by atoms with Crippen LogP contribution in [0.5, 0.6) is 0 Å². The van der Waals surface area contributed by atoms with Crippen LogP contribution in [0.3, 0.4) is 0 Å². The first-order valence-electron chi connectivity index (χ1n) is 11.2. The Balaban J connectivity index is 1.33. The first kappa shape index (κ1) is 22.5. The number of carbonyl (C=O) groups is 1. The molecule has 170 valence electrons.